The molecule has 214 valence electrons. The number of piperidine rings is 1. The molecule has 1 N–H and O–H groups in total. The molecule has 0 spiro atoms. The minimum atomic E-state index is 0.175. The van der Waals surface area contributed by atoms with Crippen LogP contribution in [0.1, 0.15) is 142 Å². The summed E-state index contributed by atoms with van der Waals surface area (Å²) in [4.78, 5) is 19.8. The zero-order valence-electron chi connectivity index (χ0n) is 24.7. The SMILES string of the molecule is CCCCCCCCCCCCCCCCCCN(CCCN(C)C)C(=O)N1CCCCC1CCO. The second kappa shape index (κ2) is 23.3. The molecule has 1 unspecified atom stereocenters. The molecule has 5 heteroatoms. The summed E-state index contributed by atoms with van der Waals surface area (Å²) in [5, 5.41) is 9.46. The van der Waals surface area contributed by atoms with Crippen LogP contribution in [0.25, 0.3) is 0 Å². The maximum absolute atomic E-state index is 13.4. The largest absolute Gasteiger partial charge is 0.396 e. The highest BCUT2D eigenvalue weighted by Gasteiger charge is 2.29. The van der Waals surface area contributed by atoms with Crippen molar-refractivity contribution in [3.63, 3.8) is 0 Å². The van der Waals surface area contributed by atoms with E-state index in [1.54, 1.807) is 0 Å². The van der Waals surface area contributed by atoms with Gasteiger partial charge in [-0.15, -0.1) is 0 Å². The first-order chi connectivity index (χ1) is 17.6. The van der Waals surface area contributed by atoms with E-state index >= 15 is 0 Å². The Morgan fingerprint density at radius 1 is 0.722 bits per heavy atom. The minimum Gasteiger partial charge on any atom is -0.396 e. The van der Waals surface area contributed by atoms with Crippen molar-refractivity contribution in [2.24, 2.45) is 0 Å². The van der Waals surface area contributed by atoms with Crippen molar-refractivity contribution < 1.29 is 9.90 Å². The third-order valence-electron chi connectivity index (χ3n) is 7.92. The summed E-state index contributed by atoms with van der Waals surface area (Å²) >= 11 is 0. The lowest BCUT2D eigenvalue weighted by atomic mass is 10.00. The number of aliphatic hydroxyl groups is 1. The molecule has 5 nitrogen and oxygen atoms in total. The van der Waals surface area contributed by atoms with Crippen molar-refractivity contribution in [1.82, 2.24) is 14.7 Å². The summed E-state index contributed by atoms with van der Waals surface area (Å²) in [5.74, 6) is 0. The zero-order valence-corrected chi connectivity index (χ0v) is 24.7. The van der Waals surface area contributed by atoms with Gasteiger partial charge in [-0.1, -0.05) is 103 Å². The molecule has 1 heterocycles. The topological polar surface area (TPSA) is 47.0 Å². The predicted molar refractivity (Wildman–Crippen MR) is 156 cm³/mol. The van der Waals surface area contributed by atoms with Crippen molar-refractivity contribution in [1.29, 1.82) is 0 Å². The number of nitrogens with zero attached hydrogens (tertiary/aromatic N) is 3. The molecule has 2 amide bonds. The molecule has 1 aliphatic rings. The summed E-state index contributed by atoms with van der Waals surface area (Å²) in [6, 6.07) is 0.436. The van der Waals surface area contributed by atoms with Gasteiger partial charge < -0.3 is 19.8 Å². The highest BCUT2D eigenvalue weighted by molar-refractivity contribution is 5.75. The van der Waals surface area contributed by atoms with E-state index < -0.39 is 0 Å². The number of urea groups is 1. The van der Waals surface area contributed by atoms with E-state index in [0.29, 0.717) is 0 Å². The van der Waals surface area contributed by atoms with E-state index in [1.807, 2.05) is 0 Å². The summed E-state index contributed by atoms with van der Waals surface area (Å²) in [5.41, 5.74) is 0. The quantitative estimate of drug-likeness (QED) is 0.143. The number of carbonyl (C=O) groups excluding carboxylic acids is 1. The average molecular weight is 510 g/mol. The molecule has 0 saturated carbocycles. The second-order valence-corrected chi connectivity index (χ2v) is 11.6. The number of amides is 2. The number of unbranched alkanes of at least 4 members (excludes halogenated alkanes) is 15. The Kier molecular flexibility index (Phi) is 21.5. The Morgan fingerprint density at radius 2 is 1.22 bits per heavy atom. The molecule has 36 heavy (non-hydrogen) atoms. The van der Waals surface area contributed by atoms with Gasteiger partial charge in [0.15, 0.2) is 0 Å². The van der Waals surface area contributed by atoms with Crippen LogP contribution in [0.4, 0.5) is 4.79 Å². The van der Waals surface area contributed by atoms with E-state index in [-0.39, 0.29) is 18.7 Å². The Labute approximate surface area is 225 Å². The van der Waals surface area contributed by atoms with Crippen LogP contribution in [0.5, 0.6) is 0 Å². The van der Waals surface area contributed by atoms with Crippen LogP contribution in [0.15, 0.2) is 0 Å². The first-order valence-corrected chi connectivity index (χ1v) is 15.9. The summed E-state index contributed by atoms with van der Waals surface area (Å²) in [6.45, 7) is 6.06. The molecule has 0 aromatic rings. The van der Waals surface area contributed by atoms with Crippen LogP contribution in [-0.4, -0.2) is 78.8 Å². The molecule has 0 aromatic carbocycles. The molecule has 1 saturated heterocycles. The van der Waals surface area contributed by atoms with Crippen LogP contribution in [0.3, 0.4) is 0 Å². The van der Waals surface area contributed by atoms with Crippen molar-refractivity contribution >= 4 is 6.03 Å². The van der Waals surface area contributed by atoms with Crippen LogP contribution in [0.2, 0.25) is 0 Å². The number of hydrogen-bond donors (Lipinski definition) is 1. The lowest BCUT2D eigenvalue weighted by Gasteiger charge is -2.39. The van der Waals surface area contributed by atoms with Crippen molar-refractivity contribution in [3.05, 3.63) is 0 Å². The molecule has 0 radical (unpaired) electrons. The van der Waals surface area contributed by atoms with Gasteiger partial charge in [0.25, 0.3) is 0 Å². The fourth-order valence-electron chi connectivity index (χ4n) is 5.61. The Balaban J connectivity index is 2.16. The van der Waals surface area contributed by atoms with Crippen molar-refractivity contribution in [2.45, 2.75) is 148 Å². The predicted octanol–water partition coefficient (Wildman–Crippen LogP) is 7.86. The van der Waals surface area contributed by atoms with Gasteiger partial charge in [0, 0.05) is 32.3 Å². The molecule has 0 aromatic heterocycles. The Hall–Kier alpha value is -0.810. The standard InChI is InChI=1S/C31H63N3O2/c1-4-5-6-7-8-9-10-11-12-13-14-15-16-17-18-20-26-33(27-22-25-32(2)3)31(36)34-28-21-19-23-30(34)24-29-35/h30,35H,4-29H2,1-3H3. The van der Waals surface area contributed by atoms with Gasteiger partial charge in [-0.3, -0.25) is 0 Å². The fraction of sp³-hybridized carbons (Fsp3) is 0.968. The molecule has 0 bridgehead atoms. The lowest BCUT2D eigenvalue weighted by Crippen LogP contribution is -2.51. The van der Waals surface area contributed by atoms with Crippen LogP contribution in [-0.2, 0) is 0 Å². The maximum atomic E-state index is 13.4. The number of carbonyl (C=O) groups is 1. The molecule has 1 rings (SSSR count). The number of likely N-dealkylation sites (tertiary alicyclic amines) is 1. The Morgan fingerprint density at radius 3 is 1.72 bits per heavy atom. The van der Waals surface area contributed by atoms with Gasteiger partial charge in [0.1, 0.15) is 0 Å². The van der Waals surface area contributed by atoms with Gasteiger partial charge >= 0.3 is 6.03 Å². The summed E-state index contributed by atoms with van der Waals surface area (Å²) < 4.78 is 0. The van der Waals surface area contributed by atoms with Gasteiger partial charge in [-0.25, -0.2) is 4.79 Å². The van der Waals surface area contributed by atoms with Gasteiger partial charge in [0.05, 0.1) is 0 Å². The summed E-state index contributed by atoms with van der Waals surface area (Å²) in [7, 11) is 4.20. The van der Waals surface area contributed by atoms with Crippen molar-refractivity contribution in [2.75, 3.05) is 46.9 Å². The van der Waals surface area contributed by atoms with E-state index in [2.05, 4.69) is 35.7 Å². The average Bonchev–Trinajstić information content (AvgIpc) is 2.87. The van der Waals surface area contributed by atoms with E-state index in [4.69, 9.17) is 0 Å². The van der Waals surface area contributed by atoms with Crippen LogP contribution >= 0.6 is 0 Å². The number of aliphatic hydroxyl groups excluding tert-OH is 1. The van der Waals surface area contributed by atoms with E-state index in [9.17, 15) is 9.90 Å². The molecular weight excluding hydrogens is 446 g/mol. The minimum absolute atomic E-state index is 0.175. The summed E-state index contributed by atoms with van der Waals surface area (Å²) in [6.07, 6.45) is 27.0. The number of hydrogen-bond acceptors (Lipinski definition) is 3. The molecule has 1 aliphatic heterocycles. The van der Waals surface area contributed by atoms with Crippen LogP contribution in [0, 0.1) is 0 Å². The third kappa shape index (κ3) is 16.8. The maximum Gasteiger partial charge on any atom is 0.320 e. The second-order valence-electron chi connectivity index (χ2n) is 11.6. The van der Waals surface area contributed by atoms with Gasteiger partial charge in [0.2, 0.25) is 0 Å². The van der Waals surface area contributed by atoms with Crippen molar-refractivity contribution in [3.8, 4) is 0 Å². The zero-order chi connectivity index (χ0) is 26.3. The number of rotatable bonds is 23. The monoisotopic (exact) mass is 509 g/mol. The molecule has 0 aliphatic carbocycles. The van der Waals surface area contributed by atoms with Gasteiger partial charge in [-0.05, 0) is 59.2 Å². The lowest BCUT2D eigenvalue weighted by molar-refractivity contribution is 0.101. The van der Waals surface area contributed by atoms with E-state index in [1.165, 1.54) is 103 Å². The highest BCUT2D eigenvalue weighted by atomic mass is 16.3. The van der Waals surface area contributed by atoms with Crippen LogP contribution < -0.4 is 0 Å². The smallest absolute Gasteiger partial charge is 0.320 e. The first-order valence-electron chi connectivity index (χ1n) is 15.9. The fourth-order valence-corrected chi connectivity index (χ4v) is 5.61. The highest BCUT2D eigenvalue weighted by Crippen LogP contribution is 2.22. The first kappa shape index (κ1) is 33.2. The molecular formula is C31H63N3O2. The molecule has 1 atom stereocenters. The van der Waals surface area contributed by atoms with E-state index in [0.717, 1.165) is 58.3 Å². The molecule has 1 fully saturated rings. The normalized spacial score (nSPS) is 16.1. The Bertz CT molecular complexity index is 498. The third-order valence-corrected chi connectivity index (χ3v) is 7.92. The van der Waals surface area contributed by atoms with Gasteiger partial charge in [-0.2, -0.15) is 0 Å².